The van der Waals surface area contributed by atoms with Gasteiger partial charge in [0.2, 0.25) is 0 Å². The molecule has 0 aromatic rings. The smallest absolute Gasteiger partial charge is 0.191 e. The van der Waals surface area contributed by atoms with Crippen molar-refractivity contribution in [3.63, 3.8) is 0 Å². The van der Waals surface area contributed by atoms with E-state index in [9.17, 15) is 0 Å². The highest BCUT2D eigenvalue weighted by Crippen LogP contribution is 2.14. The quantitative estimate of drug-likeness (QED) is 0.538. The fourth-order valence-electron chi connectivity index (χ4n) is 0.770. The summed E-state index contributed by atoms with van der Waals surface area (Å²) in [6, 6.07) is 0. The first-order valence-electron chi connectivity index (χ1n) is 2.90. The van der Waals surface area contributed by atoms with Crippen LogP contribution in [0.1, 0.15) is 5.89 Å². The second-order valence-corrected chi connectivity index (χ2v) is 1.98. The van der Waals surface area contributed by atoms with E-state index in [4.69, 9.17) is 4.42 Å². The number of hydrogen-bond acceptors (Lipinski definition) is 4. The Morgan fingerprint density at radius 3 is 3.20 bits per heavy atom. The molecule has 10 heavy (non-hydrogen) atoms. The SMILES string of the molecule is Cc1nc2cnnc-2co1. The highest BCUT2D eigenvalue weighted by atomic mass is 16.3. The van der Waals surface area contributed by atoms with Crippen molar-refractivity contribution in [3.8, 4) is 11.4 Å². The zero-order valence-corrected chi connectivity index (χ0v) is 5.40. The Bertz CT molecular complexity index is 317. The van der Waals surface area contributed by atoms with E-state index in [-0.39, 0.29) is 0 Å². The molecule has 0 amide bonds. The van der Waals surface area contributed by atoms with E-state index in [1.807, 2.05) is 0 Å². The Hall–Kier alpha value is -1.45. The lowest BCUT2D eigenvalue weighted by Crippen LogP contribution is -1.84. The fourth-order valence-corrected chi connectivity index (χ4v) is 0.770. The summed E-state index contributed by atoms with van der Waals surface area (Å²) >= 11 is 0. The molecule has 0 spiro atoms. The van der Waals surface area contributed by atoms with Crippen LogP contribution in [0.3, 0.4) is 0 Å². The molecule has 0 unspecified atom stereocenters. The minimum atomic E-state index is 0.627. The third-order valence-electron chi connectivity index (χ3n) is 1.23. The molecule has 2 aliphatic heterocycles. The second-order valence-electron chi connectivity index (χ2n) is 1.98. The van der Waals surface area contributed by atoms with Gasteiger partial charge in [-0.15, -0.1) is 5.10 Å². The first kappa shape index (κ1) is 5.34. The molecule has 2 heterocycles. The van der Waals surface area contributed by atoms with Gasteiger partial charge in [-0.2, -0.15) is 5.10 Å². The first-order valence-corrected chi connectivity index (χ1v) is 2.90. The maximum Gasteiger partial charge on any atom is 0.191 e. The van der Waals surface area contributed by atoms with Crippen molar-refractivity contribution < 1.29 is 4.42 Å². The summed E-state index contributed by atoms with van der Waals surface area (Å²) in [5, 5.41) is 7.42. The number of nitrogens with zero attached hydrogens (tertiary/aromatic N) is 3. The Morgan fingerprint density at radius 1 is 1.40 bits per heavy atom. The van der Waals surface area contributed by atoms with Crippen LogP contribution in [0.15, 0.2) is 16.9 Å². The molecule has 4 nitrogen and oxygen atoms in total. The van der Waals surface area contributed by atoms with Crippen LogP contribution in [0, 0.1) is 6.92 Å². The van der Waals surface area contributed by atoms with E-state index < -0.39 is 0 Å². The number of hydrogen-bond donors (Lipinski definition) is 0. The van der Waals surface area contributed by atoms with E-state index in [0.29, 0.717) is 11.6 Å². The van der Waals surface area contributed by atoms with E-state index in [1.54, 1.807) is 19.4 Å². The van der Waals surface area contributed by atoms with Crippen molar-refractivity contribution in [2.24, 2.45) is 0 Å². The number of aryl methyl sites for hydroxylation is 1. The van der Waals surface area contributed by atoms with Gasteiger partial charge in [-0.3, -0.25) is 0 Å². The number of fused-ring (bicyclic) bond motifs is 1. The van der Waals surface area contributed by atoms with Crippen LogP contribution in [0.25, 0.3) is 11.4 Å². The normalized spacial score (nSPS) is 10.5. The van der Waals surface area contributed by atoms with E-state index >= 15 is 0 Å². The predicted octanol–water partition coefficient (Wildman–Crippen LogP) is 0.878. The van der Waals surface area contributed by atoms with Crippen LogP contribution in [-0.2, 0) is 0 Å². The lowest BCUT2D eigenvalue weighted by molar-refractivity contribution is 0.491. The monoisotopic (exact) mass is 135 g/mol. The molecule has 2 aliphatic rings. The van der Waals surface area contributed by atoms with Gasteiger partial charge >= 0.3 is 0 Å². The molecule has 0 saturated carbocycles. The molecule has 0 fully saturated rings. The van der Waals surface area contributed by atoms with Crippen molar-refractivity contribution >= 4 is 0 Å². The van der Waals surface area contributed by atoms with E-state index in [0.717, 1.165) is 5.69 Å². The van der Waals surface area contributed by atoms with Crippen molar-refractivity contribution in [1.82, 2.24) is 15.2 Å². The molecule has 0 aromatic heterocycles. The van der Waals surface area contributed by atoms with Gasteiger partial charge in [0.1, 0.15) is 17.7 Å². The highest BCUT2D eigenvalue weighted by molar-refractivity contribution is 5.50. The highest BCUT2D eigenvalue weighted by Gasteiger charge is 2.06. The third kappa shape index (κ3) is 0.655. The minimum absolute atomic E-state index is 0.627. The molecular weight excluding hydrogens is 130 g/mol. The number of aromatic nitrogens is 3. The summed E-state index contributed by atoms with van der Waals surface area (Å²) < 4.78 is 4.99. The van der Waals surface area contributed by atoms with Gasteiger partial charge in [-0.1, -0.05) is 0 Å². The summed E-state index contributed by atoms with van der Waals surface area (Å²) in [5.41, 5.74) is 1.48. The average molecular weight is 135 g/mol. The van der Waals surface area contributed by atoms with Crippen LogP contribution in [0.5, 0.6) is 0 Å². The minimum Gasteiger partial charge on any atom is -0.449 e. The van der Waals surface area contributed by atoms with Crippen molar-refractivity contribution in [2.75, 3.05) is 0 Å². The molecule has 0 atom stereocenters. The predicted molar refractivity (Wildman–Crippen MR) is 33.5 cm³/mol. The zero-order valence-electron chi connectivity index (χ0n) is 5.40. The summed E-state index contributed by atoms with van der Waals surface area (Å²) in [7, 11) is 0. The summed E-state index contributed by atoms with van der Waals surface area (Å²) in [6.07, 6.45) is 3.16. The van der Waals surface area contributed by atoms with Gasteiger partial charge in [0.25, 0.3) is 0 Å². The maximum absolute atomic E-state index is 4.99. The van der Waals surface area contributed by atoms with Crippen molar-refractivity contribution in [2.45, 2.75) is 6.92 Å². The van der Waals surface area contributed by atoms with Gasteiger partial charge in [0.05, 0.1) is 6.20 Å². The lowest BCUT2D eigenvalue weighted by atomic mass is 10.4. The van der Waals surface area contributed by atoms with Crippen LogP contribution < -0.4 is 0 Å². The van der Waals surface area contributed by atoms with Crippen LogP contribution in [0.4, 0.5) is 0 Å². The maximum atomic E-state index is 4.99. The van der Waals surface area contributed by atoms with E-state index in [2.05, 4.69) is 15.2 Å². The van der Waals surface area contributed by atoms with E-state index in [1.165, 1.54) is 0 Å². The topological polar surface area (TPSA) is 51.8 Å². The Morgan fingerprint density at radius 2 is 2.30 bits per heavy atom. The molecule has 50 valence electrons. The molecule has 2 rings (SSSR count). The van der Waals surface area contributed by atoms with Gasteiger partial charge in [0.15, 0.2) is 5.89 Å². The third-order valence-corrected chi connectivity index (χ3v) is 1.23. The standard InChI is InChI=1S/C6H5N3O/c1-4-8-5-2-7-9-6(5)3-10-4/h2-3H,1H3. The summed E-state index contributed by atoms with van der Waals surface area (Å²) in [4.78, 5) is 4.04. The van der Waals surface area contributed by atoms with Gasteiger partial charge in [-0.25, -0.2) is 4.98 Å². The fraction of sp³-hybridized carbons (Fsp3) is 0.167. The van der Waals surface area contributed by atoms with Gasteiger partial charge < -0.3 is 4.42 Å². The van der Waals surface area contributed by atoms with Gasteiger partial charge in [0, 0.05) is 6.92 Å². The average Bonchev–Trinajstić information content (AvgIpc) is 2.33. The Kier molecular flexibility index (Phi) is 0.943. The second kappa shape index (κ2) is 1.76. The molecule has 4 heteroatoms. The summed E-state index contributed by atoms with van der Waals surface area (Å²) in [6.45, 7) is 1.78. The molecule has 0 bridgehead atoms. The van der Waals surface area contributed by atoms with Gasteiger partial charge in [-0.05, 0) is 0 Å². The largest absolute Gasteiger partial charge is 0.449 e. The molecule has 0 N–H and O–H groups in total. The van der Waals surface area contributed by atoms with Crippen molar-refractivity contribution in [3.05, 3.63) is 18.4 Å². The molecule has 0 aliphatic carbocycles. The molecule has 0 radical (unpaired) electrons. The zero-order chi connectivity index (χ0) is 6.97. The Balaban J connectivity index is 2.75. The molecule has 0 saturated heterocycles. The lowest BCUT2D eigenvalue weighted by Gasteiger charge is -1.93. The van der Waals surface area contributed by atoms with Crippen LogP contribution in [-0.4, -0.2) is 15.2 Å². The Labute approximate surface area is 57.3 Å². The molecule has 0 aromatic carbocycles. The number of rotatable bonds is 0. The van der Waals surface area contributed by atoms with Crippen molar-refractivity contribution in [1.29, 1.82) is 0 Å². The van der Waals surface area contributed by atoms with Crippen LogP contribution >= 0.6 is 0 Å². The first-order chi connectivity index (χ1) is 4.86. The summed E-state index contributed by atoms with van der Waals surface area (Å²) in [5.74, 6) is 0.627. The van der Waals surface area contributed by atoms with Crippen LogP contribution in [0.2, 0.25) is 0 Å². The molecular formula is C6H5N3O.